The fraction of sp³-hybridized carbons (Fsp3) is 0.400. The Hall–Kier alpha value is -1.42. The molecule has 0 saturated carbocycles. The van der Waals surface area contributed by atoms with Gasteiger partial charge >= 0.3 is 0 Å². The first-order valence-corrected chi connectivity index (χ1v) is 4.74. The van der Waals surface area contributed by atoms with Crippen molar-refractivity contribution in [3.63, 3.8) is 0 Å². The van der Waals surface area contributed by atoms with E-state index in [-0.39, 0.29) is 0 Å². The van der Waals surface area contributed by atoms with Crippen LogP contribution >= 0.6 is 0 Å². The van der Waals surface area contributed by atoms with Crippen molar-refractivity contribution >= 4 is 5.65 Å². The van der Waals surface area contributed by atoms with Crippen LogP contribution < -0.4 is 5.73 Å². The lowest BCUT2D eigenvalue weighted by molar-refractivity contribution is 0.724. The van der Waals surface area contributed by atoms with Gasteiger partial charge in [0.2, 0.25) is 0 Å². The number of aryl methyl sites for hydroxylation is 1. The summed E-state index contributed by atoms with van der Waals surface area (Å²) in [7, 11) is 0. The molecule has 2 heterocycles. The highest BCUT2D eigenvalue weighted by atomic mass is 15.2. The molecule has 0 radical (unpaired) electrons. The fourth-order valence-electron chi connectivity index (χ4n) is 1.62. The van der Waals surface area contributed by atoms with Crippen molar-refractivity contribution in [1.82, 2.24) is 14.6 Å². The molecule has 4 heteroatoms. The minimum atomic E-state index is 0.327. The highest BCUT2D eigenvalue weighted by molar-refractivity contribution is 5.40. The first-order chi connectivity index (χ1) is 6.74. The van der Waals surface area contributed by atoms with Crippen molar-refractivity contribution < 1.29 is 0 Å². The van der Waals surface area contributed by atoms with Gasteiger partial charge in [-0.15, -0.1) is 10.2 Å². The maximum Gasteiger partial charge on any atom is 0.160 e. The third-order valence-electron chi connectivity index (χ3n) is 2.48. The number of fused-ring (bicyclic) bond motifs is 1. The van der Waals surface area contributed by atoms with Gasteiger partial charge in [-0.25, -0.2) is 0 Å². The predicted molar refractivity (Wildman–Crippen MR) is 55.2 cm³/mol. The maximum atomic E-state index is 5.66. The van der Waals surface area contributed by atoms with E-state index in [4.69, 9.17) is 5.73 Å². The SMILES string of the molecule is Cc1nnc2cccc(C(C)CN)n12. The molecule has 0 aliphatic heterocycles. The summed E-state index contributed by atoms with van der Waals surface area (Å²) in [4.78, 5) is 0. The second-order valence-corrected chi connectivity index (χ2v) is 3.53. The first kappa shape index (κ1) is 9.15. The van der Waals surface area contributed by atoms with Gasteiger partial charge in [0, 0.05) is 18.2 Å². The Morgan fingerprint density at radius 2 is 2.21 bits per heavy atom. The monoisotopic (exact) mass is 190 g/mol. The Kier molecular flexibility index (Phi) is 2.21. The smallest absolute Gasteiger partial charge is 0.160 e. The lowest BCUT2D eigenvalue weighted by Gasteiger charge is -2.11. The molecular weight excluding hydrogens is 176 g/mol. The molecule has 0 aromatic carbocycles. The molecule has 0 fully saturated rings. The van der Waals surface area contributed by atoms with Gasteiger partial charge in [-0.05, 0) is 19.1 Å². The molecule has 2 aromatic heterocycles. The van der Waals surface area contributed by atoms with E-state index in [1.54, 1.807) is 0 Å². The standard InChI is InChI=1S/C10H14N4/c1-7(6-11)9-4-3-5-10-13-12-8(2)14(9)10/h3-5,7H,6,11H2,1-2H3. The van der Waals surface area contributed by atoms with Crippen LogP contribution in [0.1, 0.15) is 24.4 Å². The molecule has 0 saturated heterocycles. The largest absolute Gasteiger partial charge is 0.330 e. The highest BCUT2D eigenvalue weighted by Crippen LogP contribution is 2.16. The normalized spacial score (nSPS) is 13.4. The molecule has 1 unspecified atom stereocenters. The molecule has 0 aliphatic carbocycles. The first-order valence-electron chi connectivity index (χ1n) is 4.74. The summed E-state index contributed by atoms with van der Waals surface area (Å²) in [6.45, 7) is 4.69. The number of nitrogens with zero attached hydrogens (tertiary/aromatic N) is 3. The van der Waals surface area contributed by atoms with E-state index in [0.717, 1.165) is 11.5 Å². The van der Waals surface area contributed by atoms with Crippen LogP contribution in [0.25, 0.3) is 5.65 Å². The van der Waals surface area contributed by atoms with Crippen molar-refractivity contribution in [3.8, 4) is 0 Å². The molecule has 0 aliphatic rings. The van der Waals surface area contributed by atoms with E-state index in [1.807, 2.05) is 19.1 Å². The maximum absolute atomic E-state index is 5.66. The summed E-state index contributed by atoms with van der Waals surface area (Å²) in [6, 6.07) is 6.01. The molecule has 2 rings (SSSR count). The Labute approximate surface area is 82.8 Å². The average molecular weight is 190 g/mol. The topological polar surface area (TPSA) is 56.2 Å². The van der Waals surface area contributed by atoms with Gasteiger partial charge in [0.15, 0.2) is 5.65 Å². The van der Waals surface area contributed by atoms with Crippen LogP contribution in [-0.4, -0.2) is 21.1 Å². The number of aromatic nitrogens is 3. The summed E-state index contributed by atoms with van der Waals surface area (Å²) in [5.74, 6) is 1.24. The summed E-state index contributed by atoms with van der Waals surface area (Å²) < 4.78 is 2.05. The van der Waals surface area contributed by atoms with E-state index >= 15 is 0 Å². The van der Waals surface area contributed by atoms with Gasteiger partial charge in [0.05, 0.1) is 0 Å². The lowest BCUT2D eigenvalue weighted by Crippen LogP contribution is -2.12. The number of pyridine rings is 1. The van der Waals surface area contributed by atoms with E-state index in [1.165, 1.54) is 5.69 Å². The van der Waals surface area contributed by atoms with Crippen LogP contribution in [0, 0.1) is 6.92 Å². The van der Waals surface area contributed by atoms with Crippen LogP contribution in [0.4, 0.5) is 0 Å². The van der Waals surface area contributed by atoms with Gasteiger partial charge in [-0.3, -0.25) is 4.40 Å². The van der Waals surface area contributed by atoms with Gasteiger partial charge in [0.1, 0.15) is 5.82 Å². The molecule has 0 spiro atoms. The molecule has 0 bridgehead atoms. The van der Waals surface area contributed by atoms with Crippen molar-refractivity contribution in [2.45, 2.75) is 19.8 Å². The zero-order valence-electron chi connectivity index (χ0n) is 8.44. The Morgan fingerprint density at radius 3 is 2.93 bits per heavy atom. The molecule has 2 N–H and O–H groups in total. The molecule has 74 valence electrons. The molecular formula is C10H14N4. The second-order valence-electron chi connectivity index (χ2n) is 3.53. The Balaban J connectivity index is 2.69. The third-order valence-corrected chi connectivity index (χ3v) is 2.48. The van der Waals surface area contributed by atoms with E-state index in [9.17, 15) is 0 Å². The quantitative estimate of drug-likeness (QED) is 0.771. The van der Waals surface area contributed by atoms with Crippen molar-refractivity contribution in [1.29, 1.82) is 0 Å². The number of nitrogens with two attached hydrogens (primary N) is 1. The number of hydrogen-bond acceptors (Lipinski definition) is 3. The van der Waals surface area contributed by atoms with Gasteiger partial charge in [-0.2, -0.15) is 0 Å². The Morgan fingerprint density at radius 1 is 1.43 bits per heavy atom. The zero-order valence-corrected chi connectivity index (χ0v) is 8.44. The van der Waals surface area contributed by atoms with E-state index in [2.05, 4.69) is 27.6 Å². The minimum Gasteiger partial charge on any atom is -0.330 e. The summed E-state index contributed by atoms with van der Waals surface area (Å²) in [5, 5.41) is 8.11. The molecule has 0 amide bonds. The molecule has 1 atom stereocenters. The Bertz CT molecular complexity index is 446. The van der Waals surface area contributed by atoms with Gasteiger partial charge in [0.25, 0.3) is 0 Å². The summed E-state index contributed by atoms with van der Waals surface area (Å²) >= 11 is 0. The number of hydrogen-bond donors (Lipinski definition) is 1. The van der Waals surface area contributed by atoms with Gasteiger partial charge in [-0.1, -0.05) is 13.0 Å². The van der Waals surface area contributed by atoms with E-state index < -0.39 is 0 Å². The van der Waals surface area contributed by atoms with Gasteiger partial charge < -0.3 is 5.73 Å². The second kappa shape index (κ2) is 3.38. The fourth-order valence-corrected chi connectivity index (χ4v) is 1.62. The third kappa shape index (κ3) is 1.28. The zero-order chi connectivity index (χ0) is 10.1. The van der Waals surface area contributed by atoms with E-state index in [0.29, 0.717) is 12.5 Å². The van der Waals surface area contributed by atoms with Crippen LogP contribution in [0.2, 0.25) is 0 Å². The minimum absolute atomic E-state index is 0.327. The van der Waals surface area contributed by atoms with Crippen molar-refractivity contribution in [3.05, 3.63) is 29.7 Å². The summed E-state index contributed by atoms with van der Waals surface area (Å²) in [5.41, 5.74) is 7.72. The highest BCUT2D eigenvalue weighted by Gasteiger charge is 2.10. The number of rotatable bonds is 2. The van der Waals surface area contributed by atoms with Crippen LogP contribution in [0.15, 0.2) is 18.2 Å². The predicted octanol–water partition coefficient (Wildman–Crippen LogP) is 1.10. The van der Waals surface area contributed by atoms with Crippen LogP contribution in [-0.2, 0) is 0 Å². The van der Waals surface area contributed by atoms with Crippen molar-refractivity contribution in [2.24, 2.45) is 5.73 Å². The molecule has 4 nitrogen and oxygen atoms in total. The van der Waals surface area contributed by atoms with Crippen LogP contribution in [0.5, 0.6) is 0 Å². The average Bonchev–Trinajstić information content (AvgIpc) is 2.59. The summed E-state index contributed by atoms with van der Waals surface area (Å²) in [6.07, 6.45) is 0. The van der Waals surface area contributed by atoms with Crippen molar-refractivity contribution in [2.75, 3.05) is 6.54 Å². The lowest BCUT2D eigenvalue weighted by atomic mass is 10.1. The molecule has 14 heavy (non-hydrogen) atoms. The van der Waals surface area contributed by atoms with Crippen LogP contribution in [0.3, 0.4) is 0 Å². The molecule has 2 aromatic rings.